The molecule has 6 heteroatoms. The number of benzene rings is 1. The largest absolute Gasteiger partial charge is 0.497 e. The summed E-state index contributed by atoms with van der Waals surface area (Å²) < 4.78 is 5.04. The molecular formula is C12H17ClN2O3. The summed E-state index contributed by atoms with van der Waals surface area (Å²) in [5, 5.41) is 14.6. The zero-order valence-electron chi connectivity index (χ0n) is 10.4. The van der Waals surface area contributed by atoms with Crippen molar-refractivity contribution in [1.82, 2.24) is 5.32 Å². The number of anilines is 1. The molecule has 0 aromatic heterocycles. The SMILES string of the molecule is CCC(CO)NC(=O)Nc1cc(OC)ccc1Cl. The minimum Gasteiger partial charge on any atom is -0.497 e. The number of hydrogen-bond acceptors (Lipinski definition) is 3. The van der Waals surface area contributed by atoms with Crippen LogP contribution in [0.4, 0.5) is 10.5 Å². The Bertz CT molecular complexity index is 408. The third-order valence-corrected chi connectivity index (χ3v) is 2.80. The minimum absolute atomic E-state index is 0.101. The molecule has 1 atom stereocenters. The van der Waals surface area contributed by atoms with Crippen molar-refractivity contribution in [3.63, 3.8) is 0 Å². The Morgan fingerprint density at radius 3 is 2.83 bits per heavy atom. The lowest BCUT2D eigenvalue weighted by Crippen LogP contribution is -2.39. The van der Waals surface area contributed by atoms with Gasteiger partial charge < -0.3 is 20.5 Å². The van der Waals surface area contributed by atoms with Gasteiger partial charge in [-0.15, -0.1) is 0 Å². The van der Waals surface area contributed by atoms with Crippen LogP contribution in [-0.4, -0.2) is 30.9 Å². The van der Waals surface area contributed by atoms with Gasteiger partial charge >= 0.3 is 6.03 Å². The number of rotatable bonds is 5. The third-order valence-electron chi connectivity index (χ3n) is 2.47. The van der Waals surface area contributed by atoms with Gasteiger partial charge in [0.2, 0.25) is 0 Å². The quantitative estimate of drug-likeness (QED) is 0.770. The van der Waals surface area contributed by atoms with Gasteiger partial charge in [-0.1, -0.05) is 18.5 Å². The lowest BCUT2D eigenvalue weighted by atomic mass is 10.2. The third kappa shape index (κ3) is 4.09. The Morgan fingerprint density at radius 1 is 1.56 bits per heavy atom. The van der Waals surface area contributed by atoms with Crippen LogP contribution < -0.4 is 15.4 Å². The summed E-state index contributed by atoms with van der Waals surface area (Å²) in [6.45, 7) is 1.77. The molecule has 1 aromatic carbocycles. The van der Waals surface area contributed by atoms with Crippen LogP contribution in [0.25, 0.3) is 0 Å². The number of amides is 2. The van der Waals surface area contributed by atoms with E-state index in [9.17, 15) is 4.79 Å². The maximum Gasteiger partial charge on any atom is 0.319 e. The average Bonchev–Trinajstić information content (AvgIpc) is 2.38. The Balaban J connectivity index is 2.69. The Labute approximate surface area is 111 Å². The fraction of sp³-hybridized carbons (Fsp3) is 0.417. The minimum atomic E-state index is -0.411. The number of halogens is 1. The number of carbonyl (C=O) groups excluding carboxylic acids is 1. The van der Waals surface area contributed by atoms with Crippen LogP contribution in [0.1, 0.15) is 13.3 Å². The molecule has 1 aromatic rings. The van der Waals surface area contributed by atoms with Crippen LogP contribution in [0.5, 0.6) is 5.75 Å². The first-order valence-corrected chi connectivity index (χ1v) is 6.00. The molecule has 3 N–H and O–H groups in total. The smallest absolute Gasteiger partial charge is 0.319 e. The van der Waals surface area contributed by atoms with Crippen molar-refractivity contribution in [1.29, 1.82) is 0 Å². The number of aliphatic hydroxyl groups is 1. The molecule has 1 unspecified atom stereocenters. The fourth-order valence-corrected chi connectivity index (χ4v) is 1.51. The van der Waals surface area contributed by atoms with Gasteiger partial charge in [-0.2, -0.15) is 0 Å². The van der Waals surface area contributed by atoms with E-state index in [4.69, 9.17) is 21.4 Å². The normalized spacial score (nSPS) is 11.8. The molecule has 100 valence electrons. The first-order chi connectivity index (χ1) is 8.60. The van der Waals surface area contributed by atoms with Gasteiger partial charge in [-0.05, 0) is 18.6 Å². The van der Waals surface area contributed by atoms with E-state index in [-0.39, 0.29) is 12.6 Å². The second-order valence-corrected chi connectivity index (χ2v) is 4.14. The van der Waals surface area contributed by atoms with Crippen LogP contribution >= 0.6 is 11.6 Å². The van der Waals surface area contributed by atoms with Crippen molar-refractivity contribution in [2.45, 2.75) is 19.4 Å². The molecule has 0 heterocycles. The first kappa shape index (κ1) is 14.6. The topological polar surface area (TPSA) is 70.6 Å². The molecule has 0 saturated heterocycles. The van der Waals surface area contributed by atoms with Gasteiger partial charge in [0.05, 0.1) is 30.5 Å². The number of methoxy groups -OCH3 is 1. The summed E-state index contributed by atoms with van der Waals surface area (Å²) in [6, 6.07) is 4.29. The second-order valence-electron chi connectivity index (χ2n) is 3.73. The van der Waals surface area contributed by atoms with E-state index in [0.717, 1.165) is 0 Å². The molecule has 0 radical (unpaired) electrons. The summed E-state index contributed by atoms with van der Waals surface area (Å²) in [7, 11) is 1.53. The van der Waals surface area contributed by atoms with Crippen LogP contribution in [0.3, 0.4) is 0 Å². The highest BCUT2D eigenvalue weighted by Crippen LogP contribution is 2.26. The molecule has 1 rings (SSSR count). The second kappa shape index (κ2) is 7.08. The van der Waals surface area contributed by atoms with Crippen molar-refractivity contribution in [3.8, 4) is 5.75 Å². The average molecular weight is 273 g/mol. The van der Waals surface area contributed by atoms with E-state index in [1.54, 1.807) is 18.2 Å². The Kier molecular flexibility index (Phi) is 5.74. The van der Waals surface area contributed by atoms with E-state index >= 15 is 0 Å². The Hall–Kier alpha value is -1.46. The van der Waals surface area contributed by atoms with Crippen molar-refractivity contribution >= 4 is 23.3 Å². The number of carbonyl (C=O) groups is 1. The number of nitrogens with one attached hydrogen (secondary N) is 2. The van der Waals surface area contributed by atoms with Crippen molar-refractivity contribution in [2.75, 3.05) is 19.0 Å². The molecule has 5 nitrogen and oxygen atoms in total. The van der Waals surface area contributed by atoms with E-state index in [1.807, 2.05) is 6.92 Å². The van der Waals surface area contributed by atoms with E-state index in [2.05, 4.69) is 10.6 Å². The molecule has 2 amide bonds. The summed E-state index contributed by atoms with van der Waals surface area (Å²) in [6.07, 6.45) is 0.649. The van der Waals surface area contributed by atoms with E-state index in [1.165, 1.54) is 7.11 Å². The molecule has 0 aliphatic rings. The number of hydrogen-bond donors (Lipinski definition) is 3. The van der Waals surface area contributed by atoms with Crippen LogP contribution in [0.15, 0.2) is 18.2 Å². The molecule has 0 spiro atoms. The maximum absolute atomic E-state index is 11.7. The number of ether oxygens (including phenoxy) is 1. The maximum atomic E-state index is 11.7. The van der Waals surface area contributed by atoms with Crippen LogP contribution in [-0.2, 0) is 0 Å². The van der Waals surface area contributed by atoms with Crippen molar-refractivity contribution in [2.24, 2.45) is 0 Å². The fourth-order valence-electron chi connectivity index (χ4n) is 1.35. The lowest BCUT2D eigenvalue weighted by Gasteiger charge is -2.15. The predicted molar refractivity (Wildman–Crippen MR) is 71.3 cm³/mol. The Morgan fingerprint density at radius 2 is 2.28 bits per heavy atom. The van der Waals surface area contributed by atoms with Crippen LogP contribution in [0.2, 0.25) is 5.02 Å². The molecule has 0 saturated carbocycles. The standard InChI is InChI=1S/C12H17ClN2O3/c1-3-8(7-16)14-12(17)15-11-6-9(18-2)4-5-10(11)13/h4-6,8,16H,3,7H2,1-2H3,(H2,14,15,17). The summed E-state index contributed by atoms with van der Waals surface area (Å²) in [5.74, 6) is 0.601. The van der Waals surface area contributed by atoms with Gasteiger partial charge in [0.1, 0.15) is 5.75 Å². The van der Waals surface area contributed by atoms with E-state index < -0.39 is 6.03 Å². The summed E-state index contributed by atoms with van der Waals surface area (Å²) >= 11 is 5.95. The first-order valence-electron chi connectivity index (χ1n) is 5.62. The van der Waals surface area contributed by atoms with Gasteiger partial charge in [-0.3, -0.25) is 0 Å². The van der Waals surface area contributed by atoms with Gasteiger partial charge in [0.25, 0.3) is 0 Å². The predicted octanol–water partition coefficient (Wildman–Crippen LogP) is 2.24. The molecule has 0 aliphatic heterocycles. The molecular weight excluding hydrogens is 256 g/mol. The zero-order valence-corrected chi connectivity index (χ0v) is 11.1. The van der Waals surface area contributed by atoms with Gasteiger partial charge in [-0.25, -0.2) is 4.79 Å². The summed E-state index contributed by atoms with van der Waals surface area (Å²) in [4.78, 5) is 11.7. The van der Waals surface area contributed by atoms with Crippen molar-refractivity contribution < 1.29 is 14.6 Å². The highest BCUT2D eigenvalue weighted by atomic mass is 35.5. The molecule has 0 fully saturated rings. The van der Waals surface area contributed by atoms with Gasteiger partial charge in [0.15, 0.2) is 0 Å². The highest BCUT2D eigenvalue weighted by molar-refractivity contribution is 6.33. The summed E-state index contributed by atoms with van der Waals surface area (Å²) in [5.41, 5.74) is 0.460. The highest BCUT2D eigenvalue weighted by Gasteiger charge is 2.11. The molecule has 18 heavy (non-hydrogen) atoms. The lowest BCUT2D eigenvalue weighted by molar-refractivity contribution is 0.222. The van der Waals surface area contributed by atoms with Crippen molar-refractivity contribution in [3.05, 3.63) is 23.2 Å². The van der Waals surface area contributed by atoms with E-state index in [0.29, 0.717) is 22.9 Å². The monoisotopic (exact) mass is 272 g/mol. The molecule has 0 bridgehead atoms. The van der Waals surface area contributed by atoms with Crippen LogP contribution in [0, 0.1) is 0 Å². The molecule has 0 aliphatic carbocycles. The van der Waals surface area contributed by atoms with Gasteiger partial charge in [0, 0.05) is 6.07 Å². The number of urea groups is 1. The zero-order chi connectivity index (χ0) is 13.5. The number of aliphatic hydroxyl groups excluding tert-OH is 1.